The van der Waals surface area contributed by atoms with Gasteiger partial charge in [0.05, 0.1) is 16.8 Å². The molecule has 2 aromatic heterocycles. The van der Waals surface area contributed by atoms with Gasteiger partial charge in [-0.15, -0.1) is 0 Å². The van der Waals surface area contributed by atoms with E-state index in [9.17, 15) is 14.7 Å². The van der Waals surface area contributed by atoms with Gasteiger partial charge in [-0.3, -0.25) is 0 Å². The van der Waals surface area contributed by atoms with Gasteiger partial charge in [0.15, 0.2) is 0 Å². The molecule has 0 aliphatic heterocycles. The molecule has 1 atom stereocenters. The van der Waals surface area contributed by atoms with Crippen molar-refractivity contribution >= 4 is 27.6 Å². The summed E-state index contributed by atoms with van der Waals surface area (Å²) < 4.78 is 23.3. The SMILES string of the molecule is CCCS(=O)Nc1ccc(-c2c(C#N)c3ccc(Oc4ncccc4C#N)cc3n2C2CC2)cc1. The topological polar surface area (TPSA) is 104 Å². The number of nitrogens with zero attached hydrogens (tertiary/aromatic N) is 4. The number of ether oxygens (including phenoxy) is 1. The molecule has 4 aromatic rings. The van der Waals surface area contributed by atoms with Crippen LogP contribution in [-0.2, 0) is 11.0 Å². The minimum Gasteiger partial charge on any atom is -0.438 e. The highest BCUT2D eigenvalue weighted by Gasteiger charge is 2.31. The van der Waals surface area contributed by atoms with Crippen molar-refractivity contribution < 1.29 is 8.95 Å². The first-order valence-electron chi connectivity index (χ1n) is 11.5. The third-order valence-corrected chi connectivity index (χ3v) is 7.13. The smallest absolute Gasteiger partial charge is 0.237 e. The van der Waals surface area contributed by atoms with Crippen LogP contribution in [0, 0.1) is 22.7 Å². The molecule has 2 heterocycles. The Morgan fingerprint density at radius 1 is 1.14 bits per heavy atom. The van der Waals surface area contributed by atoms with E-state index in [1.54, 1.807) is 24.4 Å². The van der Waals surface area contributed by atoms with Crippen LogP contribution in [-0.4, -0.2) is 19.5 Å². The Labute approximate surface area is 206 Å². The number of fused-ring (bicyclic) bond motifs is 1. The molecule has 174 valence electrons. The number of hydrogen-bond donors (Lipinski definition) is 1. The second-order valence-electron chi connectivity index (χ2n) is 8.41. The number of rotatable bonds is 8. The van der Waals surface area contributed by atoms with Crippen molar-refractivity contribution in [3.05, 3.63) is 71.9 Å². The van der Waals surface area contributed by atoms with E-state index in [2.05, 4.69) is 26.4 Å². The summed E-state index contributed by atoms with van der Waals surface area (Å²) in [6.45, 7) is 2.00. The van der Waals surface area contributed by atoms with E-state index < -0.39 is 11.0 Å². The van der Waals surface area contributed by atoms with Crippen molar-refractivity contribution in [1.29, 1.82) is 10.5 Å². The summed E-state index contributed by atoms with van der Waals surface area (Å²) in [5.41, 5.74) is 4.47. The van der Waals surface area contributed by atoms with E-state index in [1.807, 2.05) is 43.3 Å². The molecule has 1 aliphatic carbocycles. The highest BCUT2D eigenvalue weighted by atomic mass is 32.2. The quantitative estimate of drug-likeness (QED) is 0.329. The Balaban J connectivity index is 1.57. The maximum Gasteiger partial charge on any atom is 0.237 e. The fourth-order valence-electron chi connectivity index (χ4n) is 4.20. The van der Waals surface area contributed by atoms with Crippen molar-refractivity contribution in [2.24, 2.45) is 0 Å². The molecular formula is C27H23N5O2S. The minimum absolute atomic E-state index is 0.253. The average molecular weight is 482 g/mol. The van der Waals surface area contributed by atoms with Gasteiger partial charge < -0.3 is 14.0 Å². The number of nitriles is 2. The van der Waals surface area contributed by atoms with Crippen LogP contribution in [0.4, 0.5) is 5.69 Å². The Morgan fingerprint density at radius 2 is 1.94 bits per heavy atom. The fourth-order valence-corrected chi connectivity index (χ4v) is 5.07. The highest BCUT2D eigenvalue weighted by molar-refractivity contribution is 7.86. The summed E-state index contributed by atoms with van der Waals surface area (Å²) >= 11 is 0. The maximum absolute atomic E-state index is 12.1. The summed E-state index contributed by atoms with van der Waals surface area (Å²) in [6.07, 6.45) is 4.51. The Morgan fingerprint density at radius 3 is 2.63 bits per heavy atom. The molecule has 1 fully saturated rings. The van der Waals surface area contributed by atoms with Crippen LogP contribution < -0.4 is 9.46 Å². The first-order valence-corrected chi connectivity index (χ1v) is 12.8. The van der Waals surface area contributed by atoms with Crippen molar-refractivity contribution in [1.82, 2.24) is 9.55 Å². The number of hydrogen-bond acceptors (Lipinski definition) is 5. The van der Waals surface area contributed by atoms with Crippen LogP contribution in [0.2, 0.25) is 0 Å². The first kappa shape index (κ1) is 22.6. The molecular weight excluding hydrogens is 458 g/mol. The zero-order valence-electron chi connectivity index (χ0n) is 19.2. The number of pyridine rings is 1. The molecule has 7 nitrogen and oxygen atoms in total. The number of aromatic nitrogens is 2. The standard InChI is InChI=1S/C27H23N5O2S/c1-2-14-35(33)31-20-7-5-18(6-8-20)26-24(17-29)23-12-11-22(15-25(23)32(26)21-9-10-21)34-27-19(16-28)4-3-13-30-27/h3-8,11-13,15,21,31H,2,9-10,14H2,1H3. The lowest BCUT2D eigenvalue weighted by Crippen LogP contribution is -2.07. The molecule has 2 aromatic carbocycles. The summed E-state index contributed by atoms with van der Waals surface area (Å²) in [5, 5.41) is 20.3. The van der Waals surface area contributed by atoms with Gasteiger partial charge in [-0.2, -0.15) is 10.5 Å². The molecule has 0 saturated heterocycles. The Hall–Kier alpha value is -4.14. The normalized spacial score (nSPS) is 13.7. The number of benzene rings is 2. The number of anilines is 1. The largest absolute Gasteiger partial charge is 0.438 e. The van der Waals surface area contributed by atoms with Crippen molar-refractivity contribution in [2.45, 2.75) is 32.2 Å². The summed E-state index contributed by atoms with van der Waals surface area (Å²) in [7, 11) is -1.11. The molecule has 8 heteroatoms. The molecule has 0 radical (unpaired) electrons. The third kappa shape index (κ3) is 4.49. The first-order chi connectivity index (χ1) is 17.1. The lowest BCUT2D eigenvalue weighted by atomic mass is 10.1. The van der Waals surface area contributed by atoms with Gasteiger partial charge in [0.25, 0.3) is 0 Å². The van der Waals surface area contributed by atoms with E-state index in [1.165, 1.54) is 0 Å². The molecule has 35 heavy (non-hydrogen) atoms. The van der Waals surface area contributed by atoms with Gasteiger partial charge >= 0.3 is 0 Å². The highest BCUT2D eigenvalue weighted by Crippen LogP contribution is 2.45. The van der Waals surface area contributed by atoms with Crippen molar-refractivity contribution in [3.63, 3.8) is 0 Å². The van der Waals surface area contributed by atoms with Crippen LogP contribution in [0.5, 0.6) is 11.6 Å². The predicted octanol–water partition coefficient (Wildman–Crippen LogP) is 6.06. The zero-order valence-corrected chi connectivity index (χ0v) is 20.0. The zero-order chi connectivity index (χ0) is 24.4. The summed E-state index contributed by atoms with van der Waals surface area (Å²) in [5.74, 6) is 1.40. The maximum atomic E-state index is 12.1. The summed E-state index contributed by atoms with van der Waals surface area (Å²) in [6, 6.07) is 21.5. The molecule has 0 spiro atoms. The lowest BCUT2D eigenvalue weighted by Gasteiger charge is -2.12. The van der Waals surface area contributed by atoms with Gasteiger partial charge in [-0.1, -0.05) is 19.1 Å². The van der Waals surface area contributed by atoms with E-state index in [4.69, 9.17) is 4.74 Å². The Kier molecular flexibility index (Phi) is 6.22. The van der Waals surface area contributed by atoms with Crippen molar-refractivity contribution in [2.75, 3.05) is 10.5 Å². The van der Waals surface area contributed by atoms with Crippen LogP contribution in [0.3, 0.4) is 0 Å². The summed E-state index contributed by atoms with van der Waals surface area (Å²) in [4.78, 5) is 4.19. The van der Waals surface area contributed by atoms with E-state index >= 15 is 0 Å². The van der Waals surface area contributed by atoms with Crippen molar-refractivity contribution in [3.8, 4) is 35.0 Å². The molecule has 5 rings (SSSR count). The monoisotopic (exact) mass is 481 g/mol. The molecule has 1 saturated carbocycles. The minimum atomic E-state index is -1.11. The van der Waals surface area contributed by atoms with Gasteiger partial charge in [0.2, 0.25) is 5.88 Å². The second kappa shape index (κ2) is 9.61. The van der Waals surface area contributed by atoms with Gasteiger partial charge in [-0.05, 0) is 61.2 Å². The van der Waals surface area contributed by atoms with Gasteiger partial charge in [-0.25, -0.2) is 9.19 Å². The van der Waals surface area contributed by atoms with Gasteiger partial charge in [0, 0.05) is 35.1 Å². The molecule has 1 N–H and O–H groups in total. The van der Waals surface area contributed by atoms with E-state index in [-0.39, 0.29) is 5.88 Å². The third-order valence-electron chi connectivity index (χ3n) is 5.89. The predicted molar refractivity (Wildman–Crippen MR) is 136 cm³/mol. The second-order valence-corrected chi connectivity index (χ2v) is 9.72. The molecule has 0 amide bonds. The van der Waals surface area contributed by atoms with Crippen LogP contribution in [0.1, 0.15) is 43.4 Å². The molecule has 0 bridgehead atoms. The lowest BCUT2D eigenvalue weighted by molar-refractivity contribution is 0.461. The molecule has 1 unspecified atom stereocenters. The van der Waals surface area contributed by atoms with Crippen LogP contribution >= 0.6 is 0 Å². The van der Waals surface area contributed by atoms with Gasteiger partial charge in [0.1, 0.15) is 34.4 Å². The van der Waals surface area contributed by atoms with Crippen LogP contribution in [0.25, 0.3) is 22.2 Å². The number of nitrogens with one attached hydrogen (secondary N) is 1. The van der Waals surface area contributed by atoms with E-state index in [0.717, 1.165) is 47.1 Å². The Bertz CT molecular complexity index is 1510. The van der Waals surface area contributed by atoms with E-state index in [0.29, 0.717) is 28.7 Å². The average Bonchev–Trinajstić information content (AvgIpc) is 3.66. The fraction of sp³-hybridized carbons (Fsp3) is 0.222. The molecule has 1 aliphatic rings. The van der Waals surface area contributed by atoms with Crippen LogP contribution in [0.15, 0.2) is 60.8 Å².